The van der Waals surface area contributed by atoms with Crippen molar-refractivity contribution in [1.29, 1.82) is 0 Å². The fraction of sp³-hybridized carbons (Fsp3) is 0.375. The first-order valence-electron chi connectivity index (χ1n) is 6.87. The molecule has 1 amide bonds. The molecular formula is C16H21N3O. The van der Waals surface area contributed by atoms with Crippen molar-refractivity contribution < 1.29 is 4.79 Å². The Hall–Kier alpha value is -2.10. The van der Waals surface area contributed by atoms with Crippen LogP contribution in [0.1, 0.15) is 28.9 Å². The Labute approximate surface area is 119 Å². The number of rotatable bonds is 5. The van der Waals surface area contributed by atoms with Gasteiger partial charge in [-0.2, -0.15) is 5.10 Å². The average Bonchev–Trinajstić information content (AvgIpc) is 2.69. The Balaban J connectivity index is 1.83. The van der Waals surface area contributed by atoms with Gasteiger partial charge in [-0.05, 0) is 31.4 Å². The molecule has 1 heterocycles. The zero-order valence-electron chi connectivity index (χ0n) is 12.3. The van der Waals surface area contributed by atoms with Crippen molar-refractivity contribution in [2.24, 2.45) is 7.05 Å². The monoisotopic (exact) mass is 271 g/mol. The molecule has 0 aliphatic heterocycles. The molecule has 0 aliphatic rings. The van der Waals surface area contributed by atoms with Crippen molar-refractivity contribution in [1.82, 2.24) is 15.1 Å². The van der Waals surface area contributed by atoms with E-state index in [0.29, 0.717) is 13.0 Å². The topological polar surface area (TPSA) is 46.9 Å². The zero-order chi connectivity index (χ0) is 14.5. The first kappa shape index (κ1) is 14.3. The molecule has 4 nitrogen and oxygen atoms in total. The standard InChI is InChI=1S/C16H21N3O/c1-12-15(13(2)19(3)18-12)9-10-16(20)17-11-14-7-5-4-6-8-14/h4-8H,9-11H2,1-3H3,(H,17,20). The minimum atomic E-state index is 0.0801. The molecule has 1 aromatic carbocycles. The van der Waals surface area contributed by atoms with Crippen molar-refractivity contribution in [3.8, 4) is 0 Å². The summed E-state index contributed by atoms with van der Waals surface area (Å²) in [4.78, 5) is 11.9. The lowest BCUT2D eigenvalue weighted by Gasteiger charge is -2.06. The predicted molar refractivity (Wildman–Crippen MR) is 79.3 cm³/mol. The number of aryl methyl sites for hydroxylation is 2. The molecule has 2 aromatic rings. The van der Waals surface area contributed by atoms with E-state index in [-0.39, 0.29) is 5.91 Å². The van der Waals surface area contributed by atoms with Crippen LogP contribution >= 0.6 is 0 Å². The Morgan fingerprint density at radius 3 is 2.55 bits per heavy atom. The highest BCUT2D eigenvalue weighted by molar-refractivity contribution is 5.76. The molecule has 4 heteroatoms. The lowest BCUT2D eigenvalue weighted by Crippen LogP contribution is -2.23. The summed E-state index contributed by atoms with van der Waals surface area (Å²) in [5, 5.41) is 7.32. The first-order chi connectivity index (χ1) is 9.58. The van der Waals surface area contributed by atoms with Gasteiger partial charge in [0.05, 0.1) is 5.69 Å². The van der Waals surface area contributed by atoms with Gasteiger partial charge < -0.3 is 5.32 Å². The van der Waals surface area contributed by atoms with Crippen LogP contribution in [-0.2, 0) is 24.8 Å². The van der Waals surface area contributed by atoms with Crippen LogP contribution in [0.2, 0.25) is 0 Å². The molecule has 106 valence electrons. The second-order valence-electron chi connectivity index (χ2n) is 5.04. The van der Waals surface area contributed by atoms with Gasteiger partial charge in [-0.3, -0.25) is 9.48 Å². The number of hydrogen-bond donors (Lipinski definition) is 1. The molecule has 0 saturated carbocycles. The van der Waals surface area contributed by atoms with E-state index in [1.165, 1.54) is 5.56 Å². The van der Waals surface area contributed by atoms with Gasteiger partial charge in [-0.25, -0.2) is 0 Å². The third-order valence-electron chi connectivity index (χ3n) is 3.59. The molecule has 0 spiro atoms. The van der Waals surface area contributed by atoms with E-state index < -0.39 is 0 Å². The van der Waals surface area contributed by atoms with Crippen LogP contribution in [0.5, 0.6) is 0 Å². The lowest BCUT2D eigenvalue weighted by molar-refractivity contribution is -0.121. The summed E-state index contributed by atoms with van der Waals surface area (Å²) in [5.41, 5.74) is 4.45. The van der Waals surface area contributed by atoms with E-state index in [1.807, 2.05) is 55.9 Å². The molecule has 0 unspecified atom stereocenters. The van der Waals surface area contributed by atoms with Crippen molar-refractivity contribution >= 4 is 5.91 Å². The fourth-order valence-corrected chi connectivity index (χ4v) is 2.30. The Morgan fingerprint density at radius 2 is 1.95 bits per heavy atom. The maximum absolute atomic E-state index is 11.9. The van der Waals surface area contributed by atoms with E-state index in [1.54, 1.807) is 0 Å². The lowest BCUT2D eigenvalue weighted by atomic mass is 10.1. The van der Waals surface area contributed by atoms with Gasteiger partial charge >= 0.3 is 0 Å². The van der Waals surface area contributed by atoms with E-state index in [9.17, 15) is 4.79 Å². The third-order valence-corrected chi connectivity index (χ3v) is 3.59. The predicted octanol–water partition coefficient (Wildman–Crippen LogP) is 2.29. The highest BCUT2D eigenvalue weighted by Crippen LogP contribution is 2.13. The van der Waals surface area contributed by atoms with Crippen molar-refractivity contribution in [2.75, 3.05) is 0 Å². The quantitative estimate of drug-likeness (QED) is 0.907. The molecular weight excluding hydrogens is 250 g/mol. The largest absolute Gasteiger partial charge is 0.352 e. The third kappa shape index (κ3) is 3.47. The highest BCUT2D eigenvalue weighted by Gasteiger charge is 2.11. The van der Waals surface area contributed by atoms with E-state index in [2.05, 4.69) is 10.4 Å². The van der Waals surface area contributed by atoms with Gasteiger partial charge in [0, 0.05) is 25.7 Å². The van der Waals surface area contributed by atoms with Crippen LogP contribution in [-0.4, -0.2) is 15.7 Å². The minimum absolute atomic E-state index is 0.0801. The van der Waals surface area contributed by atoms with Crippen LogP contribution in [0.25, 0.3) is 0 Å². The molecule has 0 fully saturated rings. The van der Waals surface area contributed by atoms with Gasteiger partial charge in [0.2, 0.25) is 5.91 Å². The van der Waals surface area contributed by atoms with Crippen LogP contribution in [0.3, 0.4) is 0 Å². The maximum Gasteiger partial charge on any atom is 0.220 e. The molecule has 20 heavy (non-hydrogen) atoms. The van der Waals surface area contributed by atoms with Gasteiger partial charge in [-0.1, -0.05) is 30.3 Å². The molecule has 0 saturated heterocycles. The fourth-order valence-electron chi connectivity index (χ4n) is 2.30. The minimum Gasteiger partial charge on any atom is -0.352 e. The normalized spacial score (nSPS) is 10.6. The first-order valence-corrected chi connectivity index (χ1v) is 6.87. The van der Waals surface area contributed by atoms with Gasteiger partial charge in [-0.15, -0.1) is 0 Å². The Kier molecular flexibility index (Phi) is 4.56. The maximum atomic E-state index is 11.9. The summed E-state index contributed by atoms with van der Waals surface area (Å²) in [5.74, 6) is 0.0801. The second kappa shape index (κ2) is 6.37. The van der Waals surface area contributed by atoms with Crippen LogP contribution in [0.15, 0.2) is 30.3 Å². The number of carbonyl (C=O) groups excluding carboxylic acids is 1. The van der Waals surface area contributed by atoms with E-state index >= 15 is 0 Å². The van der Waals surface area contributed by atoms with E-state index in [4.69, 9.17) is 0 Å². The number of nitrogens with zero attached hydrogens (tertiary/aromatic N) is 2. The van der Waals surface area contributed by atoms with Gasteiger partial charge in [0.15, 0.2) is 0 Å². The van der Waals surface area contributed by atoms with Crippen molar-refractivity contribution in [2.45, 2.75) is 33.2 Å². The number of carbonyl (C=O) groups is 1. The van der Waals surface area contributed by atoms with Crippen molar-refractivity contribution in [3.05, 3.63) is 52.8 Å². The average molecular weight is 271 g/mol. The number of benzene rings is 1. The summed E-state index contributed by atoms with van der Waals surface area (Å²) in [6, 6.07) is 9.94. The number of hydrogen-bond acceptors (Lipinski definition) is 2. The summed E-state index contributed by atoms with van der Waals surface area (Å²) in [6.45, 7) is 4.62. The summed E-state index contributed by atoms with van der Waals surface area (Å²) >= 11 is 0. The van der Waals surface area contributed by atoms with Gasteiger partial charge in [0.1, 0.15) is 0 Å². The smallest absolute Gasteiger partial charge is 0.220 e. The molecule has 0 atom stereocenters. The van der Waals surface area contributed by atoms with Crippen LogP contribution < -0.4 is 5.32 Å². The Morgan fingerprint density at radius 1 is 1.25 bits per heavy atom. The molecule has 2 rings (SSSR count). The van der Waals surface area contributed by atoms with Crippen molar-refractivity contribution in [3.63, 3.8) is 0 Å². The number of nitrogens with one attached hydrogen (secondary N) is 1. The molecule has 1 N–H and O–H groups in total. The molecule has 0 aliphatic carbocycles. The summed E-state index contributed by atoms with van der Waals surface area (Å²) in [7, 11) is 1.93. The van der Waals surface area contributed by atoms with Crippen LogP contribution in [0, 0.1) is 13.8 Å². The van der Waals surface area contributed by atoms with E-state index in [0.717, 1.165) is 23.4 Å². The molecule has 0 bridgehead atoms. The summed E-state index contributed by atoms with van der Waals surface area (Å²) < 4.78 is 1.87. The SMILES string of the molecule is Cc1nn(C)c(C)c1CCC(=O)NCc1ccccc1. The Bertz CT molecular complexity index is 587. The molecule has 0 radical (unpaired) electrons. The summed E-state index contributed by atoms with van der Waals surface area (Å²) in [6.07, 6.45) is 1.24. The number of aromatic nitrogens is 2. The highest BCUT2D eigenvalue weighted by atomic mass is 16.1. The van der Waals surface area contributed by atoms with Gasteiger partial charge in [0.25, 0.3) is 0 Å². The second-order valence-corrected chi connectivity index (χ2v) is 5.04. The van der Waals surface area contributed by atoms with Crippen LogP contribution in [0.4, 0.5) is 0 Å². The zero-order valence-corrected chi connectivity index (χ0v) is 12.3. The number of amides is 1. The molecule has 1 aromatic heterocycles.